The summed E-state index contributed by atoms with van der Waals surface area (Å²) >= 11 is 0. The second-order valence-electron chi connectivity index (χ2n) is 16.3. The van der Waals surface area contributed by atoms with E-state index in [0.717, 1.165) is 62.7 Å². The van der Waals surface area contributed by atoms with Crippen LogP contribution in [0.3, 0.4) is 0 Å². The zero-order valence-electron chi connectivity index (χ0n) is 36.3. The van der Waals surface area contributed by atoms with Crippen LogP contribution in [0.1, 0.15) is 117 Å². The highest BCUT2D eigenvalue weighted by molar-refractivity contribution is 5.89. The van der Waals surface area contributed by atoms with Crippen molar-refractivity contribution >= 4 is 34.7 Å². The van der Waals surface area contributed by atoms with Gasteiger partial charge in [0.15, 0.2) is 0 Å². The Bertz CT molecular complexity index is 2300. The first-order chi connectivity index (χ1) is 30.1. The molecule has 10 heteroatoms. The number of nitrogens with one attached hydrogen (secondary N) is 2. The van der Waals surface area contributed by atoms with Gasteiger partial charge in [0.25, 0.3) is 0 Å². The molecule has 0 aliphatic carbocycles. The number of aromatic nitrogens is 2. The van der Waals surface area contributed by atoms with E-state index in [4.69, 9.17) is 0 Å². The summed E-state index contributed by atoms with van der Waals surface area (Å²) in [5.74, 6) is -1.79. The Hall–Kier alpha value is -6.36. The highest BCUT2D eigenvalue weighted by Crippen LogP contribution is 2.36. The SMILES string of the molecule is CCCc1ccc(N(C)c2ccc3c(c2)CN[C@@H]3CCc2cnccc2C(=O)O)cc1.CCCc1ccc(N(C)c2ccc3c(c2)CN[C@H]3CCc2cnccc2C(=O)O)cc1. The van der Waals surface area contributed by atoms with E-state index < -0.39 is 11.9 Å². The Balaban J connectivity index is 0.000000186. The van der Waals surface area contributed by atoms with Gasteiger partial charge >= 0.3 is 11.9 Å². The number of carbonyl (C=O) groups is 2. The largest absolute Gasteiger partial charge is 0.478 e. The van der Waals surface area contributed by atoms with Crippen molar-refractivity contribution in [3.8, 4) is 0 Å². The van der Waals surface area contributed by atoms with Crippen molar-refractivity contribution in [2.75, 3.05) is 23.9 Å². The van der Waals surface area contributed by atoms with Gasteiger partial charge in [0.2, 0.25) is 0 Å². The Morgan fingerprint density at radius 3 is 1.32 bits per heavy atom. The van der Waals surface area contributed by atoms with Gasteiger partial charge in [-0.1, -0.05) is 63.1 Å². The summed E-state index contributed by atoms with van der Waals surface area (Å²) in [6.07, 6.45) is 14.0. The molecular formula is C52H58N6O4. The Morgan fingerprint density at radius 2 is 0.952 bits per heavy atom. The summed E-state index contributed by atoms with van der Waals surface area (Å²) in [6, 6.07) is 34.5. The number of aromatic carboxylic acids is 2. The number of rotatable bonds is 16. The molecule has 0 amide bonds. The van der Waals surface area contributed by atoms with Crippen LogP contribution in [0.15, 0.2) is 122 Å². The fourth-order valence-electron chi connectivity index (χ4n) is 8.71. The van der Waals surface area contributed by atoms with E-state index in [2.05, 4.69) is 143 Å². The number of carboxylic acids is 2. The molecule has 2 aromatic heterocycles. The van der Waals surface area contributed by atoms with Gasteiger partial charge in [-0.3, -0.25) is 9.97 Å². The van der Waals surface area contributed by atoms with Gasteiger partial charge in [0.1, 0.15) is 0 Å². The summed E-state index contributed by atoms with van der Waals surface area (Å²) in [7, 11) is 4.21. The number of carboxylic acid groups (broad SMARTS) is 2. The van der Waals surface area contributed by atoms with Gasteiger partial charge in [0.05, 0.1) is 11.1 Å². The third kappa shape index (κ3) is 10.4. The van der Waals surface area contributed by atoms with Gasteiger partial charge in [-0.05, 0) is 144 Å². The van der Waals surface area contributed by atoms with Gasteiger partial charge in [-0.25, -0.2) is 9.59 Å². The molecule has 2 aliphatic rings. The zero-order valence-corrected chi connectivity index (χ0v) is 36.3. The molecule has 4 N–H and O–H groups in total. The molecule has 0 spiro atoms. The topological polar surface area (TPSA) is 131 Å². The van der Waals surface area contributed by atoms with Crippen molar-refractivity contribution in [3.63, 3.8) is 0 Å². The van der Waals surface area contributed by atoms with E-state index in [1.807, 2.05) is 0 Å². The third-order valence-corrected chi connectivity index (χ3v) is 12.3. The van der Waals surface area contributed by atoms with Crippen LogP contribution in [-0.4, -0.2) is 46.2 Å². The fourth-order valence-corrected chi connectivity index (χ4v) is 8.71. The second-order valence-corrected chi connectivity index (χ2v) is 16.3. The highest BCUT2D eigenvalue weighted by Gasteiger charge is 2.25. The molecule has 0 radical (unpaired) electrons. The number of fused-ring (bicyclic) bond motifs is 2. The number of hydrogen-bond acceptors (Lipinski definition) is 8. The lowest BCUT2D eigenvalue weighted by atomic mass is 9.97. The molecule has 0 saturated heterocycles. The Labute approximate surface area is 365 Å². The standard InChI is InChI=1S/2C26H29N3O2/c2*1-3-4-18-5-8-21(9-6-18)29(2)22-10-11-23-20(15-22)17-28-25(23)12-7-19-16-27-14-13-24(19)26(30)31/h2*5-6,8-11,13-16,25,28H,3-4,7,12,17H2,1-2H3,(H,30,31)/t2*25-/m10/s1. The predicted octanol–water partition coefficient (Wildman–Crippen LogP) is 10.6. The fraction of sp³-hybridized carbons (Fsp3) is 0.308. The number of benzene rings is 4. The van der Waals surface area contributed by atoms with E-state index in [0.29, 0.717) is 24.0 Å². The minimum absolute atomic E-state index is 0.226. The minimum atomic E-state index is -0.896. The van der Waals surface area contributed by atoms with Crippen LogP contribution in [0.2, 0.25) is 0 Å². The second kappa shape index (κ2) is 20.5. The molecule has 2 atom stereocenters. The smallest absolute Gasteiger partial charge is 0.336 e. The summed E-state index contributed by atoms with van der Waals surface area (Å²) in [5.41, 5.74) is 14.9. The lowest BCUT2D eigenvalue weighted by Gasteiger charge is -2.21. The van der Waals surface area contributed by atoms with Crippen molar-refractivity contribution in [1.29, 1.82) is 0 Å². The maximum absolute atomic E-state index is 11.4. The molecule has 62 heavy (non-hydrogen) atoms. The van der Waals surface area contributed by atoms with Crippen LogP contribution < -0.4 is 20.4 Å². The molecule has 6 aromatic rings. The molecular weight excluding hydrogens is 773 g/mol. The lowest BCUT2D eigenvalue weighted by molar-refractivity contribution is 0.0684. The zero-order chi connectivity index (χ0) is 43.6. The molecule has 0 saturated carbocycles. The quantitative estimate of drug-likeness (QED) is 0.0748. The predicted molar refractivity (Wildman–Crippen MR) is 248 cm³/mol. The Kier molecular flexibility index (Phi) is 14.4. The minimum Gasteiger partial charge on any atom is -0.478 e. The van der Waals surface area contributed by atoms with Crippen LogP contribution in [0.4, 0.5) is 22.7 Å². The molecule has 4 heterocycles. The van der Waals surface area contributed by atoms with E-state index >= 15 is 0 Å². The summed E-state index contributed by atoms with van der Waals surface area (Å²) in [6.45, 7) is 6.06. The molecule has 8 rings (SSSR count). The number of anilines is 4. The first kappa shape index (κ1) is 43.7. The van der Waals surface area contributed by atoms with Gasteiger partial charge < -0.3 is 30.6 Å². The van der Waals surface area contributed by atoms with Crippen LogP contribution >= 0.6 is 0 Å². The van der Waals surface area contributed by atoms with Crippen molar-refractivity contribution in [2.24, 2.45) is 0 Å². The number of hydrogen-bond donors (Lipinski definition) is 4. The van der Waals surface area contributed by atoms with Crippen molar-refractivity contribution in [3.05, 3.63) is 177 Å². The summed E-state index contributed by atoms with van der Waals surface area (Å²) in [5, 5.41) is 25.9. The molecule has 0 fully saturated rings. The molecule has 10 nitrogen and oxygen atoms in total. The average Bonchev–Trinajstić information content (AvgIpc) is 3.91. The molecule has 0 unspecified atom stereocenters. The van der Waals surface area contributed by atoms with Crippen molar-refractivity contribution in [1.82, 2.24) is 20.6 Å². The first-order valence-corrected chi connectivity index (χ1v) is 21.8. The van der Waals surface area contributed by atoms with Crippen molar-refractivity contribution in [2.45, 2.75) is 90.4 Å². The van der Waals surface area contributed by atoms with Gasteiger partial charge in [0, 0.05) is 86.8 Å². The van der Waals surface area contributed by atoms with Gasteiger partial charge in [-0.15, -0.1) is 0 Å². The number of aryl methyl sites for hydroxylation is 4. The molecule has 320 valence electrons. The van der Waals surface area contributed by atoms with E-state index in [1.54, 1.807) is 24.5 Å². The molecule has 2 aliphatic heterocycles. The lowest BCUT2D eigenvalue weighted by Crippen LogP contribution is -2.14. The number of nitrogens with zero attached hydrogens (tertiary/aromatic N) is 4. The first-order valence-electron chi connectivity index (χ1n) is 21.8. The maximum Gasteiger partial charge on any atom is 0.336 e. The van der Waals surface area contributed by atoms with E-state index in [9.17, 15) is 19.8 Å². The van der Waals surface area contributed by atoms with E-state index in [-0.39, 0.29) is 12.1 Å². The Morgan fingerprint density at radius 1 is 0.565 bits per heavy atom. The normalized spacial score (nSPS) is 15.0. The molecule has 4 aromatic carbocycles. The van der Waals surface area contributed by atoms with Gasteiger partial charge in [-0.2, -0.15) is 0 Å². The van der Waals surface area contributed by atoms with E-state index in [1.165, 1.54) is 68.5 Å². The number of pyridine rings is 2. The third-order valence-electron chi connectivity index (χ3n) is 12.3. The van der Waals surface area contributed by atoms with Crippen LogP contribution in [0, 0.1) is 0 Å². The maximum atomic E-state index is 11.4. The van der Waals surface area contributed by atoms with Crippen LogP contribution in [-0.2, 0) is 38.8 Å². The average molecular weight is 831 g/mol. The summed E-state index contributed by atoms with van der Waals surface area (Å²) in [4.78, 5) is 35.5. The highest BCUT2D eigenvalue weighted by atomic mass is 16.4. The van der Waals surface area contributed by atoms with Crippen LogP contribution in [0.5, 0.6) is 0 Å². The molecule has 0 bridgehead atoms. The van der Waals surface area contributed by atoms with Crippen LogP contribution in [0.25, 0.3) is 0 Å². The summed E-state index contributed by atoms with van der Waals surface area (Å²) < 4.78 is 0. The monoisotopic (exact) mass is 830 g/mol. The van der Waals surface area contributed by atoms with Crippen molar-refractivity contribution < 1.29 is 19.8 Å².